The van der Waals surface area contributed by atoms with E-state index in [0.29, 0.717) is 13.0 Å². The number of rotatable bonds is 2. The summed E-state index contributed by atoms with van der Waals surface area (Å²) in [7, 11) is 1.61. The van der Waals surface area contributed by atoms with E-state index in [2.05, 4.69) is 0 Å². The van der Waals surface area contributed by atoms with Gasteiger partial charge >= 0.3 is 5.97 Å². The summed E-state index contributed by atoms with van der Waals surface area (Å²) in [5.41, 5.74) is -0.0624. The van der Waals surface area contributed by atoms with Gasteiger partial charge in [-0.15, -0.1) is 0 Å². The Kier molecular flexibility index (Phi) is 2.18. The maximum absolute atomic E-state index is 10.9. The van der Waals surface area contributed by atoms with Crippen LogP contribution in [0.4, 0.5) is 0 Å². The summed E-state index contributed by atoms with van der Waals surface area (Å²) in [6.45, 7) is 4.53. The minimum atomic E-state index is -0.114. The molecule has 1 fully saturated rings. The summed E-state index contributed by atoms with van der Waals surface area (Å²) in [5.74, 6) is -0.114. The van der Waals surface area contributed by atoms with Crippen LogP contribution in [0.1, 0.15) is 20.3 Å². The second-order valence-electron chi connectivity index (χ2n) is 3.60. The molecule has 0 aromatic heterocycles. The van der Waals surface area contributed by atoms with Crippen LogP contribution in [0.2, 0.25) is 0 Å². The van der Waals surface area contributed by atoms with Gasteiger partial charge in [0.2, 0.25) is 0 Å². The van der Waals surface area contributed by atoms with Crippen molar-refractivity contribution in [3.63, 3.8) is 0 Å². The SMILES string of the molecule is COCC1OC(=O)CC1(C)C. The first-order valence-corrected chi connectivity index (χ1v) is 3.74. The van der Waals surface area contributed by atoms with E-state index in [0.717, 1.165) is 0 Å². The Labute approximate surface area is 66.7 Å². The second-order valence-corrected chi connectivity index (χ2v) is 3.60. The Hall–Kier alpha value is -0.570. The summed E-state index contributed by atoms with van der Waals surface area (Å²) in [4.78, 5) is 10.9. The highest BCUT2D eigenvalue weighted by atomic mass is 16.6. The van der Waals surface area contributed by atoms with Crippen LogP contribution in [0.15, 0.2) is 0 Å². The smallest absolute Gasteiger partial charge is 0.306 e. The van der Waals surface area contributed by atoms with Crippen molar-refractivity contribution >= 4 is 5.97 Å². The minimum Gasteiger partial charge on any atom is -0.459 e. The number of methoxy groups -OCH3 is 1. The number of ether oxygens (including phenoxy) is 2. The zero-order valence-corrected chi connectivity index (χ0v) is 7.22. The van der Waals surface area contributed by atoms with Crippen LogP contribution in [0.5, 0.6) is 0 Å². The Morgan fingerprint density at radius 3 is 2.73 bits per heavy atom. The molecular weight excluding hydrogens is 144 g/mol. The number of carbonyl (C=O) groups excluding carboxylic acids is 1. The molecule has 1 rings (SSSR count). The van der Waals surface area contributed by atoms with Crippen molar-refractivity contribution in [2.75, 3.05) is 13.7 Å². The van der Waals surface area contributed by atoms with Gasteiger partial charge in [0.05, 0.1) is 13.0 Å². The topological polar surface area (TPSA) is 35.5 Å². The molecule has 1 aliphatic heterocycles. The van der Waals surface area contributed by atoms with E-state index in [1.165, 1.54) is 0 Å². The van der Waals surface area contributed by atoms with Crippen LogP contribution in [0.3, 0.4) is 0 Å². The quantitative estimate of drug-likeness (QED) is 0.562. The Morgan fingerprint density at radius 1 is 1.73 bits per heavy atom. The van der Waals surface area contributed by atoms with Crippen LogP contribution in [0.25, 0.3) is 0 Å². The van der Waals surface area contributed by atoms with E-state index in [1.807, 2.05) is 13.8 Å². The fourth-order valence-electron chi connectivity index (χ4n) is 1.26. The number of hydrogen-bond acceptors (Lipinski definition) is 3. The highest BCUT2D eigenvalue weighted by Crippen LogP contribution is 2.34. The van der Waals surface area contributed by atoms with Crippen molar-refractivity contribution in [2.24, 2.45) is 5.41 Å². The van der Waals surface area contributed by atoms with Crippen LogP contribution >= 0.6 is 0 Å². The average molecular weight is 158 g/mol. The highest BCUT2D eigenvalue weighted by Gasteiger charge is 2.41. The molecule has 64 valence electrons. The molecule has 0 radical (unpaired) electrons. The van der Waals surface area contributed by atoms with E-state index in [4.69, 9.17) is 9.47 Å². The minimum absolute atomic E-state index is 0.0624. The molecule has 11 heavy (non-hydrogen) atoms. The maximum Gasteiger partial charge on any atom is 0.306 e. The van der Waals surface area contributed by atoms with Crippen LogP contribution in [-0.2, 0) is 14.3 Å². The van der Waals surface area contributed by atoms with Crippen LogP contribution in [0, 0.1) is 5.41 Å². The molecule has 3 heteroatoms. The van der Waals surface area contributed by atoms with E-state index < -0.39 is 0 Å². The molecule has 1 atom stereocenters. The lowest BCUT2D eigenvalue weighted by Crippen LogP contribution is -2.28. The fraction of sp³-hybridized carbons (Fsp3) is 0.875. The second kappa shape index (κ2) is 2.81. The van der Waals surface area contributed by atoms with Gasteiger partial charge in [-0.05, 0) is 0 Å². The van der Waals surface area contributed by atoms with Crippen molar-refractivity contribution in [1.29, 1.82) is 0 Å². The molecule has 1 heterocycles. The molecule has 0 aromatic carbocycles. The first-order chi connectivity index (χ1) is 5.06. The van der Waals surface area contributed by atoms with E-state index >= 15 is 0 Å². The van der Waals surface area contributed by atoms with Crippen molar-refractivity contribution < 1.29 is 14.3 Å². The lowest BCUT2D eigenvalue weighted by Gasteiger charge is -2.22. The van der Waals surface area contributed by atoms with Crippen molar-refractivity contribution in [3.05, 3.63) is 0 Å². The standard InChI is InChI=1S/C8H14O3/c1-8(2)4-7(9)11-6(8)5-10-3/h6H,4-5H2,1-3H3. The van der Waals surface area contributed by atoms with Crippen molar-refractivity contribution in [1.82, 2.24) is 0 Å². The fourth-order valence-corrected chi connectivity index (χ4v) is 1.26. The summed E-state index contributed by atoms with van der Waals surface area (Å²) in [6, 6.07) is 0. The first-order valence-electron chi connectivity index (χ1n) is 3.74. The third-order valence-corrected chi connectivity index (χ3v) is 2.06. The first kappa shape index (κ1) is 8.53. The molecule has 0 aromatic rings. The zero-order valence-electron chi connectivity index (χ0n) is 7.22. The monoisotopic (exact) mass is 158 g/mol. The van der Waals surface area contributed by atoms with Gasteiger partial charge in [0, 0.05) is 12.5 Å². The molecule has 1 aliphatic rings. The summed E-state index contributed by atoms with van der Waals surface area (Å²) in [6.07, 6.45) is 0.432. The molecule has 1 saturated heterocycles. The molecule has 0 saturated carbocycles. The van der Waals surface area contributed by atoms with E-state index in [9.17, 15) is 4.79 Å². The Bertz CT molecular complexity index is 163. The average Bonchev–Trinajstić information content (AvgIpc) is 2.07. The number of carbonyl (C=O) groups is 1. The van der Waals surface area contributed by atoms with Gasteiger partial charge in [0.15, 0.2) is 0 Å². The largest absolute Gasteiger partial charge is 0.459 e. The summed E-state index contributed by atoms with van der Waals surface area (Å²) in [5, 5.41) is 0. The summed E-state index contributed by atoms with van der Waals surface area (Å²) >= 11 is 0. The third kappa shape index (κ3) is 1.71. The van der Waals surface area contributed by atoms with Crippen molar-refractivity contribution in [2.45, 2.75) is 26.4 Å². The van der Waals surface area contributed by atoms with Gasteiger partial charge in [-0.1, -0.05) is 13.8 Å². The lowest BCUT2D eigenvalue weighted by atomic mass is 9.86. The van der Waals surface area contributed by atoms with Gasteiger partial charge in [-0.3, -0.25) is 4.79 Å². The summed E-state index contributed by atoms with van der Waals surface area (Å²) < 4.78 is 9.99. The third-order valence-electron chi connectivity index (χ3n) is 2.06. The van der Waals surface area contributed by atoms with E-state index in [-0.39, 0.29) is 17.5 Å². The maximum atomic E-state index is 10.9. The molecule has 0 spiro atoms. The number of esters is 1. The van der Waals surface area contributed by atoms with Gasteiger partial charge < -0.3 is 9.47 Å². The molecule has 0 N–H and O–H groups in total. The van der Waals surface area contributed by atoms with E-state index in [1.54, 1.807) is 7.11 Å². The lowest BCUT2D eigenvalue weighted by molar-refractivity contribution is -0.143. The van der Waals surface area contributed by atoms with Gasteiger partial charge in [-0.2, -0.15) is 0 Å². The molecule has 0 aliphatic carbocycles. The number of hydrogen-bond donors (Lipinski definition) is 0. The predicted octanol–water partition coefficient (Wildman–Crippen LogP) is 0.975. The van der Waals surface area contributed by atoms with Gasteiger partial charge in [0.25, 0.3) is 0 Å². The molecule has 0 bridgehead atoms. The molecule has 1 unspecified atom stereocenters. The van der Waals surface area contributed by atoms with Crippen LogP contribution < -0.4 is 0 Å². The Balaban J connectivity index is 2.58. The van der Waals surface area contributed by atoms with Crippen LogP contribution in [-0.4, -0.2) is 25.8 Å². The molecular formula is C8H14O3. The Morgan fingerprint density at radius 2 is 2.36 bits per heavy atom. The normalized spacial score (nSPS) is 28.6. The molecule has 0 amide bonds. The van der Waals surface area contributed by atoms with Gasteiger partial charge in [-0.25, -0.2) is 0 Å². The predicted molar refractivity (Wildman–Crippen MR) is 40.2 cm³/mol. The van der Waals surface area contributed by atoms with Crippen molar-refractivity contribution in [3.8, 4) is 0 Å². The number of cyclic esters (lactones) is 1. The zero-order chi connectivity index (χ0) is 8.48. The van der Waals surface area contributed by atoms with Gasteiger partial charge in [0.1, 0.15) is 6.10 Å². The highest BCUT2D eigenvalue weighted by molar-refractivity contribution is 5.72. The molecule has 3 nitrogen and oxygen atoms in total.